The lowest BCUT2D eigenvalue weighted by atomic mass is 10.1. The highest BCUT2D eigenvalue weighted by Crippen LogP contribution is 2.19. The molecule has 1 atom stereocenters. The number of rotatable bonds is 5. The van der Waals surface area contributed by atoms with Gasteiger partial charge in [-0.2, -0.15) is 4.98 Å². The molecule has 3 N–H and O–H groups in total. The predicted octanol–water partition coefficient (Wildman–Crippen LogP) is 2.28. The van der Waals surface area contributed by atoms with Gasteiger partial charge in [0, 0.05) is 29.8 Å². The molecule has 0 aliphatic heterocycles. The van der Waals surface area contributed by atoms with Crippen LogP contribution >= 0.6 is 11.6 Å². The molecule has 0 unspecified atom stereocenters. The standard InChI is InChI=1S/C14H14ClN5O/c15-11-4-2-1-3-9(11)5-13-19-14(21-20-13)12(16)6-10-7-17-8-18-10/h1-4,7-8,12H,5-6,16H2,(H,17,18)/t12-/m0/s1. The first-order chi connectivity index (χ1) is 10.2. The Bertz CT molecular complexity index is 710. The molecule has 0 fully saturated rings. The summed E-state index contributed by atoms with van der Waals surface area (Å²) in [5, 5.41) is 4.64. The third-order valence-electron chi connectivity index (χ3n) is 3.10. The molecule has 0 amide bonds. The summed E-state index contributed by atoms with van der Waals surface area (Å²) in [6, 6.07) is 7.21. The van der Waals surface area contributed by atoms with E-state index in [1.165, 1.54) is 0 Å². The van der Waals surface area contributed by atoms with E-state index in [0.29, 0.717) is 29.6 Å². The SMILES string of the molecule is N[C@@H](Cc1cnc[nH]1)c1nc(Cc2ccccc2Cl)no1. The van der Waals surface area contributed by atoms with Crippen LogP contribution in [0.3, 0.4) is 0 Å². The molecule has 1 aromatic carbocycles. The van der Waals surface area contributed by atoms with Gasteiger partial charge < -0.3 is 15.2 Å². The number of aromatic nitrogens is 4. The van der Waals surface area contributed by atoms with Crippen molar-refractivity contribution in [1.82, 2.24) is 20.1 Å². The summed E-state index contributed by atoms with van der Waals surface area (Å²) in [5.41, 5.74) is 7.93. The van der Waals surface area contributed by atoms with E-state index in [4.69, 9.17) is 21.9 Å². The quantitative estimate of drug-likeness (QED) is 0.754. The van der Waals surface area contributed by atoms with E-state index in [-0.39, 0.29) is 6.04 Å². The Hall–Kier alpha value is -2.18. The van der Waals surface area contributed by atoms with E-state index in [1.807, 2.05) is 24.3 Å². The molecule has 0 bridgehead atoms. The van der Waals surface area contributed by atoms with Crippen molar-refractivity contribution in [2.24, 2.45) is 5.73 Å². The minimum atomic E-state index is -0.363. The molecule has 2 aromatic heterocycles. The molecule has 0 radical (unpaired) electrons. The van der Waals surface area contributed by atoms with E-state index in [9.17, 15) is 0 Å². The van der Waals surface area contributed by atoms with Gasteiger partial charge in [0.2, 0.25) is 5.89 Å². The van der Waals surface area contributed by atoms with Crippen molar-refractivity contribution in [3.05, 3.63) is 64.8 Å². The number of benzene rings is 1. The van der Waals surface area contributed by atoms with Gasteiger partial charge in [-0.15, -0.1) is 0 Å². The normalized spacial score (nSPS) is 12.5. The van der Waals surface area contributed by atoms with Gasteiger partial charge in [0.1, 0.15) is 0 Å². The molecule has 7 heteroatoms. The van der Waals surface area contributed by atoms with Crippen molar-refractivity contribution >= 4 is 11.6 Å². The smallest absolute Gasteiger partial charge is 0.243 e. The fourth-order valence-corrected chi connectivity index (χ4v) is 2.23. The second kappa shape index (κ2) is 6.07. The molecule has 108 valence electrons. The molecule has 3 rings (SSSR count). The lowest BCUT2D eigenvalue weighted by molar-refractivity contribution is 0.350. The summed E-state index contributed by atoms with van der Waals surface area (Å²) in [7, 11) is 0. The average Bonchev–Trinajstić information content (AvgIpc) is 3.13. The van der Waals surface area contributed by atoms with Crippen molar-refractivity contribution in [2.45, 2.75) is 18.9 Å². The molecular weight excluding hydrogens is 290 g/mol. The Labute approximate surface area is 126 Å². The van der Waals surface area contributed by atoms with Gasteiger partial charge in [0.05, 0.1) is 12.4 Å². The largest absolute Gasteiger partial charge is 0.348 e. The fourth-order valence-electron chi connectivity index (χ4n) is 2.02. The average molecular weight is 304 g/mol. The maximum atomic E-state index is 6.12. The van der Waals surface area contributed by atoms with Crippen LogP contribution in [-0.2, 0) is 12.8 Å². The zero-order valence-electron chi connectivity index (χ0n) is 11.2. The molecule has 0 spiro atoms. The number of nitrogens with zero attached hydrogens (tertiary/aromatic N) is 3. The maximum Gasteiger partial charge on any atom is 0.243 e. The minimum absolute atomic E-state index is 0.363. The number of nitrogens with two attached hydrogens (primary N) is 1. The van der Waals surface area contributed by atoms with E-state index < -0.39 is 0 Å². The highest BCUT2D eigenvalue weighted by atomic mass is 35.5. The number of nitrogens with one attached hydrogen (secondary N) is 1. The minimum Gasteiger partial charge on any atom is -0.348 e. The Balaban J connectivity index is 1.70. The molecule has 0 aliphatic rings. The van der Waals surface area contributed by atoms with Crippen LogP contribution in [0.4, 0.5) is 0 Å². The monoisotopic (exact) mass is 303 g/mol. The predicted molar refractivity (Wildman–Crippen MR) is 77.8 cm³/mol. The number of hydrogen-bond donors (Lipinski definition) is 2. The van der Waals surface area contributed by atoms with Gasteiger partial charge in [-0.1, -0.05) is 35.0 Å². The fraction of sp³-hybridized carbons (Fsp3) is 0.214. The van der Waals surface area contributed by atoms with Crippen molar-refractivity contribution in [3.63, 3.8) is 0 Å². The van der Waals surface area contributed by atoms with Gasteiger partial charge in [-0.25, -0.2) is 4.98 Å². The summed E-state index contributed by atoms with van der Waals surface area (Å²) < 4.78 is 5.22. The molecule has 2 heterocycles. The van der Waals surface area contributed by atoms with Crippen LogP contribution in [0.15, 0.2) is 41.3 Å². The molecule has 3 aromatic rings. The van der Waals surface area contributed by atoms with Crippen LogP contribution in [-0.4, -0.2) is 20.1 Å². The van der Waals surface area contributed by atoms with Crippen LogP contribution in [0.25, 0.3) is 0 Å². The highest BCUT2D eigenvalue weighted by molar-refractivity contribution is 6.31. The van der Waals surface area contributed by atoms with Gasteiger partial charge in [-0.3, -0.25) is 0 Å². The zero-order valence-corrected chi connectivity index (χ0v) is 11.9. The van der Waals surface area contributed by atoms with Crippen molar-refractivity contribution in [2.75, 3.05) is 0 Å². The first-order valence-corrected chi connectivity index (χ1v) is 6.89. The van der Waals surface area contributed by atoms with E-state index >= 15 is 0 Å². The summed E-state index contributed by atoms with van der Waals surface area (Å²) in [4.78, 5) is 11.3. The van der Waals surface area contributed by atoms with Gasteiger partial charge in [-0.05, 0) is 11.6 Å². The van der Waals surface area contributed by atoms with Gasteiger partial charge in [0.25, 0.3) is 0 Å². The first-order valence-electron chi connectivity index (χ1n) is 6.51. The second-order valence-electron chi connectivity index (χ2n) is 4.70. The Morgan fingerprint density at radius 1 is 1.33 bits per heavy atom. The zero-order chi connectivity index (χ0) is 14.7. The summed E-state index contributed by atoms with van der Waals surface area (Å²) in [6.07, 6.45) is 4.41. The third kappa shape index (κ3) is 3.29. The van der Waals surface area contributed by atoms with Gasteiger partial charge >= 0.3 is 0 Å². The van der Waals surface area contributed by atoms with Crippen LogP contribution in [0.2, 0.25) is 5.02 Å². The first kappa shape index (κ1) is 13.8. The van der Waals surface area contributed by atoms with E-state index in [0.717, 1.165) is 11.3 Å². The number of hydrogen-bond acceptors (Lipinski definition) is 5. The lowest BCUT2D eigenvalue weighted by Crippen LogP contribution is -2.14. The second-order valence-corrected chi connectivity index (χ2v) is 5.11. The van der Waals surface area contributed by atoms with E-state index in [2.05, 4.69) is 20.1 Å². The molecular formula is C14H14ClN5O. The van der Waals surface area contributed by atoms with Crippen molar-refractivity contribution in [3.8, 4) is 0 Å². The van der Waals surface area contributed by atoms with Crippen LogP contribution in [0.5, 0.6) is 0 Å². The van der Waals surface area contributed by atoms with E-state index in [1.54, 1.807) is 12.5 Å². The van der Waals surface area contributed by atoms with Crippen LogP contribution in [0.1, 0.15) is 29.0 Å². The summed E-state index contributed by atoms with van der Waals surface area (Å²) in [6.45, 7) is 0. The molecule has 0 saturated carbocycles. The molecule has 0 aliphatic carbocycles. The maximum absolute atomic E-state index is 6.12. The van der Waals surface area contributed by atoms with Gasteiger partial charge in [0.15, 0.2) is 5.82 Å². The molecule has 0 saturated heterocycles. The Morgan fingerprint density at radius 2 is 2.19 bits per heavy atom. The summed E-state index contributed by atoms with van der Waals surface area (Å²) in [5.74, 6) is 0.977. The third-order valence-corrected chi connectivity index (χ3v) is 3.47. The van der Waals surface area contributed by atoms with Crippen LogP contribution < -0.4 is 5.73 Å². The molecule has 6 nitrogen and oxygen atoms in total. The lowest BCUT2D eigenvalue weighted by Gasteiger charge is -2.03. The Morgan fingerprint density at radius 3 is 2.95 bits per heavy atom. The van der Waals surface area contributed by atoms with Crippen LogP contribution in [0, 0.1) is 0 Å². The van der Waals surface area contributed by atoms with Crippen molar-refractivity contribution in [1.29, 1.82) is 0 Å². The van der Waals surface area contributed by atoms with Crippen molar-refractivity contribution < 1.29 is 4.52 Å². The molecule has 21 heavy (non-hydrogen) atoms. The topological polar surface area (TPSA) is 93.6 Å². The number of halogens is 1. The number of imidazole rings is 1. The summed E-state index contributed by atoms with van der Waals surface area (Å²) >= 11 is 6.12. The highest BCUT2D eigenvalue weighted by Gasteiger charge is 2.16. The number of H-pyrrole nitrogens is 1. The Kier molecular flexibility index (Phi) is 3.98. The number of aromatic amines is 1.